The highest BCUT2D eigenvalue weighted by Gasteiger charge is 2.25. The summed E-state index contributed by atoms with van der Waals surface area (Å²) >= 11 is 0. The first-order valence-corrected chi connectivity index (χ1v) is 9.18. The van der Waals surface area contributed by atoms with E-state index in [1.165, 1.54) is 12.1 Å². The number of methoxy groups -OCH3 is 1. The third-order valence-electron chi connectivity index (χ3n) is 4.47. The van der Waals surface area contributed by atoms with Crippen LogP contribution in [0.25, 0.3) is 0 Å². The zero-order chi connectivity index (χ0) is 18.9. The second-order valence-electron chi connectivity index (χ2n) is 6.32. The van der Waals surface area contributed by atoms with E-state index in [2.05, 4.69) is 15.6 Å². The largest absolute Gasteiger partial charge is 0.375 e. The van der Waals surface area contributed by atoms with E-state index in [4.69, 9.17) is 4.74 Å². The number of aliphatic imine (C=N–C) groups is 1. The number of carbonyl (C=O) groups excluding carboxylic acids is 1. The fraction of sp³-hybridized carbons (Fsp3) is 0.579. The van der Waals surface area contributed by atoms with Gasteiger partial charge in [0.2, 0.25) is 5.91 Å². The molecule has 1 amide bonds. The number of hydrogen-bond acceptors (Lipinski definition) is 3. The molecule has 1 fully saturated rings. The van der Waals surface area contributed by atoms with Crippen molar-refractivity contribution >= 4 is 35.8 Å². The number of hydrogen-bond donors (Lipinski definition) is 2. The maximum absolute atomic E-state index is 13.1. The van der Waals surface area contributed by atoms with Crippen LogP contribution in [0.15, 0.2) is 29.3 Å². The highest BCUT2D eigenvalue weighted by atomic mass is 127. The first-order valence-electron chi connectivity index (χ1n) is 9.18. The van der Waals surface area contributed by atoms with E-state index in [1.54, 1.807) is 19.2 Å². The molecule has 0 radical (unpaired) electrons. The minimum atomic E-state index is -0.269. The Labute approximate surface area is 178 Å². The van der Waals surface area contributed by atoms with Crippen LogP contribution >= 0.6 is 24.0 Å². The first-order chi connectivity index (χ1) is 12.6. The van der Waals surface area contributed by atoms with Gasteiger partial charge in [-0.2, -0.15) is 0 Å². The summed E-state index contributed by atoms with van der Waals surface area (Å²) < 4.78 is 18.6. The van der Waals surface area contributed by atoms with Gasteiger partial charge in [0.25, 0.3) is 0 Å². The molecule has 2 rings (SSSR count). The molecule has 1 aliphatic rings. The lowest BCUT2D eigenvalue weighted by atomic mass is 10.1. The minimum absolute atomic E-state index is 0. The van der Waals surface area contributed by atoms with Gasteiger partial charge >= 0.3 is 0 Å². The molecular weight excluding hydrogens is 462 g/mol. The fourth-order valence-electron chi connectivity index (χ4n) is 3.01. The Morgan fingerprint density at radius 3 is 2.67 bits per heavy atom. The van der Waals surface area contributed by atoms with Crippen molar-refractivity contribution in [2.45, 2.75) is 38.8 Å². The monoisotopic (exact) mass is 492 g/mol. The molecule has 2 atom stereocenters. The van der Waals surface area contributed by atoms with Gasteiger partial charge in [0.05, 0.1) is 6.54 Å². The van der Waals surface area contributed by atoms with E-state index in [0.29, 0.717) is 25.5 Å². The second kappa shape index (κ2) is 12.1. The van der Waals surface area contributed by atoms with E-state index in [1.807, 2.05) is 18.7 Å². The van der Waals surface area contributed by atoms with Gasteiger partial charge in [-0.1, -0.05) is 19.1 Å². The van der Waals surface area contributed by atoms with Crippen molar-refractivity contribution in [3.05, 3.63) is 35.6 Å². The number of halogens is 2. The molecule has 8 heteroatoms. The number of nitrogens with zero attached hydrogens (tertiary/aromatic N) is 2. The Hall–Kier alpha value is -1.42. The predicted molar refractivity (Wildman–Crippen MR) is 116 cm³/mol. The van der Waals surface area contributed by atoms with Crippen LogP contribution in [0.5, 0.6) is 0 Å². The molecule has 1 aliphatic heterocycles. The molecule has 27 heavy (non-hydrogen) atoms. The molecule has 0 bridgehead atoms. The van der Waals surface area contributed by atoms with Crippen LogP contribution in [-0.2, 0) is 9.53 Å². The summed E-state index contributed by atoms with van der Waals surface area (Å²) in [6.07, 6.45) is 1.20. The van der Waals surface area contributed by atoms with Crippen LogP contribution < -0.4 is 10.6 Å². The zero-order valence-corrected chi connectivity index (χ0v) is 18.5. The first kappa shape index (κ1) is 23.6. The Balaban J connectivity index is 0.00000364. The van der Waals surface area contributed by atoms with Gasteiger partial charge in [-0.25, -0.2) is 4.39 Å². The molecule has 0 saturated carbocycles. The quantitative estimate of drug-likeness (QED) is 0.349. The van der Waals surface area contributed by atoms with E-state index in [0.717, 1.165) is 25.1 Å². The number of benzene rings is 1. The van der Waals surface area contributed by atoms with E-state index >= 15 is 0 Å². The number of amides is 1. The average Bonchev–Trinajstić information content (AvgIpc) is 3.11. The normalized spacial score (nSPS) is 18.0. The maximum Gasteiger partial charge on any atom is 0.222 e. The van der Waals surface area contributed by atoms with Crippen LogP contribution in [0.4, 0.5) is 4.39 Å². The molecule has 0 aliphatic carbocycles. The summed E-state index contributed by atoms with van der Waals surface area (Å²) in [5, 5.41) is 6.62. The summed E-state index contributed by atoms with van der Waals surface area (Å²) in [5.41, 5.74) is 0.883. The fourth-order valence-corrected chi connectivity index (χ4v) is 3.01. The SMILES string of the molecule is CCNC(=NCC(OC)c1ccc(F)cc1)NC1CCN(C(=O)CC)C1.I. The van der Waals surface area contributed by atoms with Crippen LogP contribution in [0.2, 0.25) is 0 Å². The Morgan fingerprint density at radius 2 is 2.07 bits per heavy atom. The van der Waals surface area contributed by atoms with Crippen molar-refractivity contribution < 1.29 is 13.9 Å². The van der Waals surface area contributed by atoms with Crippen molar-refractivity contribution in [2.24, 2.45) is 4.99 Å². The van der Waals surface area contributed by atoms with Gasteiger partial charge in [-0.3, -0.25) is 9.79 Å². The van der Waals surface area contributed by atoms with Crippen LogP contribution in [0, 0.1) is 5.82 Å². The highest BCUT2D eigenvalue weighted by Crippen LogP contribution is 2.17. The Kier molecular flexibility index (Phi) is 10.6. The lowest BCUT2D eigenvalue weighted by Crippen LogP contribution is -2.45. The average molecular weight is 492 g/mol. The molecule has 1 saturated heterocycles. The minimum Gasteiger partial charge on any atom is -0.375 e. The summed E-state index contributed by atoms with van der Waals surface area (Å²) in [5.74, 6) is 0.619. The summed E-state index contributed by atoms with van der Waals surface area (Å²) in [4.78, 5) is 18.3. The van der Waals surface area contributed by atoms with Gasteiger partial charge in [0, 0.05) is 39.2 Å². The van der Waals surface area contributed by atoms with Gasteiger partial charge in [0.15, 0.2) is 5.96 Å². The topological polar surface area (TPSA) is 66.0 Å². The van der Waals surface area contributed by atoms with Gasteiger partial charge in [0.1, 0.15) is 11.9 Å². The molecule has 6 nitrogen and oxygen atoms in total. The molecule has 2 N–H and O–H groups in total. The van der Waals surface area contributed by atoms with Gasteiger partial charge < -0.3 is 20.3 Å². The van der Waals surface area contributed by atoms with E-state index in [9.17, 15) is 9.18 Å². The lowest BCUT2D eigenvalue weighted by Gasteiger charge is -2.20. The molecule has 0 aromatic heterocycles. The predicted octanol–water partition coefficient (Wildman–Crippen LogP) is 2.70. The molecule has 1 aromatic carbocycles. The number of guanidine groups is 1. The van der Waals surface area contributed by atoms with Crippen LogP contribution in [0.3, 0.4) is 0 Å². The van der Waals surface area contributed by atoms with Crippen molar-refractivity contribution in [1.82, 2.24) is 15.5 Å². The molecule has 1 aromatic rings. The van der Waals surface area contributed by atoms with Crippen molar-refractivity contribution in [2.75, 3.05) is 33.3 Å². The lowest BCUT2D eigenvalue weighted by molar-refractivity contribution is -0.129. The maximum atomic E-state index is 13.1. The number of carbonyl (C=O) groups is 1. The van der Waals surface area contributed by atoms with E-state index in [-0.39, 0.29) is 47.8 Å². The highest BCUT2D eigenvalue weighted by molar-refractivity contribution is 14.0. The zero-order valence-electron chi connectivity index (χ0n) is 16.2. The second-order valence-corrected chi connectivity index (χ2v) is 6.32. The van der Waals surface area contributed by atoms with E-state index < -0.39 is 0 Å². The van der Waals surface area contributed by atoms with Crippen molar-refractivity contribution in [1.29, 1.82) is 0 Å². The van der Waals surface area contributed by atoms with Crippen molar-refractivity contribution in [3.8, 4) is 0 Å². The van der Waals surface area contributed by atoms with Crippen LogP contribution in [-0.4, -0.2) is 56.1 Å². The smallest absolute Gasteiger partial charge is 0.222 e. The van der Waals surface area contributed by atoms with Crippen molar-refractivity contribution in [3.63, 3.8) is 0 Å². The molecular formula is C19H30FIN4O2. The Bertz CT molecular complexity index is 612. The summed E-state index contributed by atoms with van der Waals surface area (Å²) in [7, 11) is 1.62. The third kappa shape index (κ3) is 7.25. The summed E-state index contributed by atoms with van der Waals surface area (Å²) in [6.45, 7) is 6.52. The number of likely N-dealkylation sites (tertiary alicyclic amines) is 1. The third-order valence-corrected chi connectivity index (χ3v) is 4.47. The van der Waals surface area contributed by atoms with Gasteiger partial charge in [-0.15, -0.1) is 24.0 Å². The molecule has 2 unspecified atom stereocenters. The molecule has 1 heterocycles. The Morgan fingerprint density at radius 1 is 1.37 bits per heavy atom. The summed E-state index contributed by atoms with van der Waals surface area (Å²) in [6, 6.07) is 6.46. The van der Waals surface area contributed by atoms with Gasteiger partial charge in [-0.05, 0) is 31.0 Å². The standard InChI is InChI=1S/C19H29FN4O2.HI/c1-4-18(25)24-11-10-16(13-24)23-19(21-5-2)22-12-17(26-3)14-6-8-15(20)9-7-14;/h6-9,16-17H,4-5,10-13H2,1-3H3,(H2,21,22,23);1H. The number of rotatable bonds is 7. The number of nitrogens with one attached hydrogen (secondary N) is 2. The number of ether oxygens (including phenoxy) is 1. The molecule has 0 spiro atoms. The molecule has 152 valence electrons. The van der Waals surface area contributed by atoms with Crippen LogP contribution in [0.1, 0.15) is 38.4 Å².